The maximum absolute atomic E-state index is 13.3. The zero-order chi connectivity index (χ0) is 14.5. The Kier molecular flexibility index (Phi) is 4.87. The summed E-state index contributed by atoms with van der Waals surface area (Å²) in [6, 6.07) is 8.20. The van der Waals surface area contributed by atoms with Crippen molar-refractivity contribution in [2.75, 3.05) is 11.9 Å². The van der Waals surface area contributed by atoms with Crippen LogP contribution in [0, 0.1) is 23.1 Å². The number of benzene rings is 1. The predicted octanol–water partition coefficient (Wildman–Crippen LogP) is 2.29. The quantitative estimate of drug-likeness (QED) is 0.856. The summed E-state index contributed by atoms with van der Waals surface area (Å²) in [5.74, 6) is -0.780. The van der Waals surface area contributed by atoms with Crippen LogP contribution in [0.4, 0.5) is 10.1 Å². The average molecular weight is 263 g/mol. The van der Waals surface area contributed by atoms with Crippen molar-refractivity contribution in [1.29, 1.82) is 5.26 Å². The number of hydrogen-bond donors (Lipinski definition) is 2. The molecule has 1 atom stereocenters. The molecule has 102 valence electrons. The number of nitrogens with zero attached hydrogens (tertiary/aromatic N) is 1. The molecular formula is C14H18FN3O. The topological polar surface area (TPSA) is 64.9 Å². The number of hydrogen-bond acceptors (Lipinski definition) is 3. The third kappa shape index (κ3) is 3.95. The highest BCUT2D eigenvalue weighted by Crippen LogP contribution is 2.15. The highest BCUT2D eigenvalue weighted by Gasteiger charge is 2.29. The molecule has 4 nitrogen and oxygen atoms in total. The molecule has 0 unspecified atom stereocenters. The minimum Gasteiger partial charge on any atom is -0.374 e. The Morgan fingerprint density at radius 2 is 2.11 bits per heavy atom. The van der Waals surface area contributed by atoms with Crippen molar-refractivity contribution in [3.63, 3.8) is 0 Å². The smallest absolute Gasteiger partial charge is 0.240 e. The van der Waals surface area contributed by atoms with Gasteiger partial charge < -0.3 is 10.6 Å². The lowest BCUT2D eigenvalue weighted by atomic mass is 9.90. The van der Waals surface area contributed by atoms with E-state index in [-0.39, 0.29) is 24.1 Å². The van der Waals surface area contributed by atoms with Crippen LogP contribution in [0.25, 0.3) is 0 Å². The lowest BCUT2D eigenvalue weighted by Gasteiger charge is -2.27. The largest absolute Gasteiger partial charge is 0.374 e. The molecule has 0 heterocycles. The number of carbonyl (C=O) groups is 1. The van der Waals surface area contributed by atoms with Gasteiger partial charge in [0.15, 0.2) is 0 Å². The van der Waals surface area contributed by atoms with E-state index in [2.05, 4.69) is 16.7 Å². The van der Waals surface area contributed by atoms with E-state index < -0.39 is 11.4 Å². The number of nitrogens with one attached hydrogen (secondary N) is 2. The highest BCUT2D eigenvalue weighted by molar-refractivity contribution is 5.81. The van der Waals surface area contributed by atoms with E-state index in [0.29, 0.717) is 0 Å². The monoisotopic (exact) mass is 263 g/mol. The SMILES string of the molecule is CC(C)[C@@](C)(C#N)NC(=O)CNc1ccccc1F. The maximum atomic E-state index is 13.3. The summed E-state index contributed by atoms with van der Waals surface area (Å²) in [7, 11) is 0. The molecule has 0 spiro atoms. The molecule has 0 aliphatic carbocycles. The van der Waals surface area contributed by atoms with Gasteiger partial charge in [-0.3, -0.25) is 4.79 Å². The fourth-order valence-electron chi connectivity index (χ4n) is 1.42. The Balaban J connectivity index is 2.58. The molecule has 0 saturated heterocycles. The first kappa shape index (κ1) is 15.0. The zero-order valence-electron chi connectivity index (χ0n) is 11.3. The second-order valence-electron chi connectivity index (χ2n) is 4.85. The van der Waals surface area contributed by atoms with Crippen molar-refractivity contribution in [2.45, 2.75) is 26.3 Å². The molecule has 0 aliphatic rings. The van der Waals surface area contributed by atoms with Crippen LogP contribution in [0.2, 0.25) is 0 Å². The summed E-state index contributed by atoms with van der Waals surface area (Å²) in [5, 5.41) is 14.4. The summed E-state index contributed by atoms with van der Waals surface area (Å²) in [6.07, 6.45) is 0. The fraction of sp³-hybridized carbons (Fsp3) is 0.429. The van der Waals surface area contributed by atoms with E-state index in [9.17, 15) is 9.18 Å². The van der Waals surface area contributed by atoms with Crippen LogP contribution in [0.5, 0.6) is 0 Å². The highest BCUT2D eigenvalue weighted by atomic mass is 19.1. The summed E-state index contributed by atoms with van der Waals surface area (Å²) < 4.78 is 13.3. The second-order valence-corrected chi connectivity index (χ2v) is 4.85. The lowest BCUT2D eigenvalue weighted by Crippen LogP contribution is -2.50. The third-order valence-corrected chi connectivity index (χ3v) is 3.10. The molecule has 19 heavy (non-hydrogen) atoms. The van der Waals surface area contributed by atoms with Gasteiger partial charge in [0.05, 0.1) is 18.3 Å². The Morgan fingerprint density at radius 3 is 2.63 bits per heavy atom. The van der Waals surface area contributed by atoms with E-state index >= 15 is 0 Å². The van der Waals surface area contributed by atoms with Crippen molar-refractivity contribution in [2.24, 2.45) is 5.92 Å². The molecule has 0 aromatic heterocycles. The van der Waals surface area contributed by atoms with Gasteiger partial charge in [0.25, 0.3) is 0 Å². The van der Waals surface area contributed by atoms with Crippen LogP contribution < -0.4 is 10.6 Å². The predicted molar refractivity (Wildman–Crippen MR) is 71.9 cm³/mol. The molecule has 0 aliphatic heterocycles. The van der Waals surface area contributed by atoms with Gasteiger partial charge in [-0.1, -0.05) is 26.0 Å². The first-order valence-corrected chi connectivity index (χ1v) is 6.09. The number of halogens is 1. The van der Waals surface area contributed by atoms with Gasteiger partial charge in [0.1, 0.15) is 11.4 Å². The van der Waals surface area contributed by atoms with E-state index in [4.69, 9.17) is 5.26 Å². The van der Waals surface area contributed by atoms with Crippen molar-refractivity contribution < 1.29 is 9.18 Å². The van der Waals surface area contributed by atoms with Crippen LogP contribution in [0.1, 0.15) is 20.8 Å². The van der Waals surface area contributed by atoms with Crippen molar-refractivity contribution in [3.05, 3.63) is 30.1 Å². The minimum absolute atomic E-state index is 0.0186. The Morgan fingerprint density at radius 1 is 1.47 bits per heavy atom. The van der Waals surface area contributed by atoms with Crippen LogP contribution in [0.15, 0.2) is 24.3 Å². The van der Waals surface area contributed by atoms with Gasteiger partial charge in [0, 0.05) is 0 Å². The number of anilines is 1. The van der Waals surface area contributed by atoms with Crippen LogP contribution in [-0.2, 0) is 4.79 Å². The summed E-state index contributed by atoms with van der Waals surface area (Å²) in [5.41, 5.74) is -0.658. The van der Waals surface area contributed by atoms with Crippen molar-refractivity contribution in [1.82, 2.24) is 5.32 Å². The Labute approximate surface area is 112 Å². The van der Waals surface area contributed by atoms with Gasteiger partial charge in [-0.15, -0.1) is 0 Å². The van der Waals surface area contributed by atoms with E-state index in [1.165, 1.54) is 6.07 Å². The van der Waals surface area contributed by atoms with Gasteiger partial charge >= 0.3 is 0 Å². The van der Waals surface area contributed by atoms with Crippen LogP contribution in [-0.4, -0.2) is 18.0 Å². The van der Waals surface area contributed by atoms with Crippen LogP contribution >= 0.6 is 0 Å². The third-order valence-electron chi connectivity index (χ3n) is 3.10. The summed E-state index contributed by atoms with van der Waals surface area (Å²) in [4.78, 5) is 11.8. The van der Waals surface area contributed by atoms with E-state index in [1.54, 1.807) is 25.1 Å². The summed E-state index contributed by atoms with van der Waals surface area (Å²) >= 11 is 0. The molecule has 1 rings (SSSR count). The molecule has 1 amide bonds. The van der Waals surface area contributed by atoms with E-state index in [1.807, 2.05) is 13.8 Å². The lowest BCUT2D eigenvalue weighted by molar-refractivity contribution is -0.121. The number of rotatable bonds is 5. The number of carbonyl (C=O) groups excluding carboxylic acids is 1. The average Bonchev–Trinajstić information content (AvgIpc) is 2.37. The van der Waals surface area contributed by atoms with Gasteiger partial charge in [0.2, 0.25) is 5.91 Å². The first-order valence-electron chi connectivity index (χ1n) is 6.09. The summed E-state index contributed by atoms with van der Waals surface area (Å²) in [6.45, 7) is 5.30. The fourth-order valence-corrected chi connectivity index (χ4v) is 1.42. The van der Waals surface area contributed by atoms with Crippen LogP contribution in [0.3, 0.4) is 0 Å². The maximum Gasteiger partial charge on any atom is 0.240 e. The van der Waals surface area contributed by atoms with Gasteiger partial charge in [-0.25, -0.2) is 4.39 Å². The minimum atomic E-state index is -0.923. The molecule has 0 radical (unpaired) electrons. The molecule has 1 aromatic rings. The van der Waals surface area contributed by atoms with Crippen molar-refractivity contribution in [3.8, 4) is 6.07 Å². The van der Waals surface area contributed by atoms with Gasteiger partial charge in [-0.05, 0) is 25.0 Å². The Bertz CT molecular complexity index is 496. The molecule has 0 bridgehead atoms. The van der Waals surface area contributed by atoms with E-state index in [0.717, 1.165) is 0 Å². The second kappa shape index (κ2) is 6.19. The van der Waals surface area contributed by atoms with Gasteiger partial charge in [-0.2, -0.15) is 5.26 Å². The first-order chi connectivity index (χ1) is 8.89. The molecule has 0 fully saturated rings. The number of para-hydroxylation sites is 1. The normalized spacial score (nSPS) is 13.5. The molecule has 5 heteroatoms. The Hall–Kier alpha value is -2.09. The standard InChI is InChI=1S/C14H18FN3O/c1-10(2)14(3,9-16)18-13(19)8-17-12-7-5-4-6-11(12)15/h4-7,10,17H,8H2,1-3H3,(H,18,19)/t14-/m1/s1. The molecule has 2 N–H and O–H groups in total. The van der Waals surface area contributed by atoms with Crippen molar-refractivity contribution >= 4 is 11.6 Å². The molecule has 0 saturated carbocycles. The number of amides is 1. The molecule has 1 aromatic carbocycles. The zero-order valence-corrected chi connectivity index (χ0v) is 11.3. The molecular weight excluding hydrogens is 245 g/mol. The number of nitriles is 1.